The Morgan fingerprint density at radius 3 is 1.81 bits per heavy atom. The van der Waals surface area contributed by atoms with E-state index in [9.17, 15) is 14.3 Å². The summed E-state index contributed by atoms with van der Waals surface area (Å²) in [6.45, 7) is 5.83. The molecule has 2 N–H and O–H groups in total. The number of carbonyl (C=O) groups excluding carboxylic acids is 1. The Morgan fingerprint density at radius 1 is 0.757 bits per heavy atom. The molecule has 37 heavy (non-hydrogen) atoms. The van der Waals surface area contributed by atoms with Crippen molar-refractivity contribution in [2.45, 2.75) is 123 Å². The molecule has 2 unspecified atom stereocenters. The maximum atomic E-state index is 12.4. The summed E-state index contributed by atoms with van der Waals surface area (Å²) in [7, 11) is 1.74. The first-order chi connectivity index (χ1) is 17.6. The fourth-order valence-corrected chi connectivity index (χ4v) is 4.64. The Morgan fingerprint density at radius 2 is 1.27 bits per heavy atom. The van der Waals surface area contributed by atoms with Crippen LogP contribution in [0.5, 0.6) is 0 Å². The van der Waals surface area contributed by atoms with Gasteiger partial charge in [0, 0.05) is 13.0 Å². The van der Waals surface area contributed by atoms with Gasteiger partial charge in [0.05, 0.1) is 40.4 Å². The highest BCUT2D eigenvalue weighted by Crippen LogP contribution is 2.43. The summed E-state index contributed by atoms with van der Waals surface area (Å²) in [4.78, 5) is 22.5. The number of phosphoric ester groups is 1. The standard InChI is InChI=1S/C28H59N2O6P/c1-6-8-10-12-13-14-15-16-18-20-23-34-25-27(29-28(31)21-19-17-11-9-7-2)26-36-37(32,33)35-24-22-30(3,4)5/h27H,6-26H2,1-5H3,(H-,29,31,32,33)/p+1. The van der Waals surface area contributed by atoms with Crippen molar-refractivity contribution in [3.05, 3.63) is 0 Å². The lowest BCUT2D eigenvalue weighted by atomic mass is 10.1. The third-order valence-electron chi connectivity index (χ3n) is 6.29. The summed E-state index contributed by atoms with van der Waals surface area (Å²) in [6.07, 6.45) is 18.4. The summed E-state index contributed by atoms with van der Waals surface area (Å²) in [5, 5.41) is 2.92. The molecule has 0 fully saturated rings. The van der Waals surface area contributed by atoms with Crippen molar-refractivity contribution in [1.29, 1.82) is 0 Å². The fraction of sp³-hybridized carbons (Fsp3) is 0.964. The highest BCUT2D eigenvalue weighted by Gasteiger charge is 2.25. The lowest BCUT2D eigenvalue weighted by molar-refractivity contribution is -0.870. The van der Waals surface area contributed by atoms with E-state index < -0.39 is 13.9 Å². The number of phosphoric acid groups is 1. The molecule has 0 aliphatic rings. The molecule has 0 spiro atoms. The van der Waals surface area contributed by atoms with Crippen LogP contribution in [0.3, 0.4) is 0 Å². The van der Waals surface area contributed by atoms with Crippen LogP contribution in [0.1, 0.15) is 117 Å². The number of ether oxygens (including phenoxy) is 1. The van der Waals surface area contributed by atoms with Crippen LogP contribution < -0.4 is 5.32 Å². The van der Waals surface area contributed by atoms with Gasteiger partial charge in [-0.15, -0.1) is 0 Å². The highest BCUT2D eigenvalue weighted by atomic mass is 31.2. The minimum absolute atomic E-state index is 0.0774. The van der Waals surface area contributed by atoms with E-state index in [2.05, 4.69) is 19.2 Å². The van der Waals surface area contributed by atoms with Gasteiger partial charge in [0.15, 0.2) is 0 Å². The van der Waals surface area contributed by atoms with Crippen molar-refractivity contribution in [3.63, 3.8) is 0 Å². The van der Waals surface area contributed by atoms with Gasteiger partial charge in [0.1, 0.15) is 13.2 Å². The average Bonchev–Trinajstić information content (AvgIpc) is 2.82. The molecule has 0 rings (SSSR count). The predicted molar refractivity (Wildman–Crippen MR) is 153 cm³/mol. The van der Waals surface area contributed by atoms with Gasteiger partial charge < -0.3 is 19.4 Å². The van der Waals surface area contributed by atoms with Crippen molar-refractivity contribution in [1.82, 2.24) is 5.32 Å². The summed E-state index contributed by atoms with van der Waals surface area (Å²) in [5.41, 5.74) is 0. The summed E-state index contributed by atoms with van der Waals surface area (Å²) in [5.74, 6) is -0.0774. The van der Waals surface area contributed by atoms with E-state index in [4.69, 9.17) is 13.8 Å². The molecule has 0 radical (unpaired) electrons. The van der Waals surface area contributed by atoms with Gasteiger partial charge >= 0.3 is 7.82 Å². The number of hydrogen-bond donors (Lipinski definition) is 2. The van der Waals surface area contributed by atoms with E-state index in [-0.39, 0.29) is 25.7 Å². The van der Waals surface area contributed by atoms with Crippen molar-refractivity contribution in [2.75, 3.05) is 54.1 Å². The number of rotatable bonds is 27. The lowest BCUT2D eigenvalue weighted by Crippen LogP contribution is -2.41. The quantitative estimate of drug-likeness (QED) is 0.0678. The van der Waals surface area contributed by atoms with Crippen LogP contribution in [0.2, 0.25) is 0 Å². The molecule has 9 heteroatoms. The number of nitrogens with one attached hydrogen (secondary N) is 1. The zero-order valence-electron chi connectivity index (χ0n) is 24.8. The van der Waals surface area contributed by atoms with Crippen molar-refractivity contribution in [2.24, 2.45) is 0 Å². The number of likely N-dealkylation sites (N-methyl/N-ethyl adjacent to an activating group) is 1. The molecular weight excluding hydrogens is 491 g/mol. The molecule has 8 nitrogen and oxygen atoms in total. The predicted octanol–water partition coefficient (Wildman–Crippen LogP) is 6.61. The lowest BCUT2D eigenvalue weighted by Gasteiger charge is -2.24. The van der Waals surface area contributed by atoms with Crippen LogP contribution in [0, 0.1) is 0 Å². The Labute approximate surface area is 228 Å². The molecule has 222 valence electrons. The van der Waals surface area contributed by atoms with E-state index in [0.29, 0.717) is 24.1 Å². The van der Waals surface area contributed by atoms with Gasteiger partial charge in [-0.1, -0.05) is 97.3 Å². The van der Waals surface area contributed by atoms with E-state index in [1.807, 2.05) is 21.1 Å². The number of unbranched alkanes of at least 4 members (excludes halogenated alkanes) is 13. The van der Waals surface area contributed by atoms with E-state index in [1.165, 1.54) is 64.2 Å². The topological polar surface area (TPSA) is 94.1 Å². The number of carbonyl (C=O) groups is 1. The average molecular weight is 552 g/mol. The normalized spacial score (nSPS) is 14.4. The Bertz CT molecular complexity index is 586. The zero-order valence-corrected chi connectivity index (χ0v) is 25.7. The van der Waals surface area contributed by atoms with Crippen LogP contribution in [0.15, 0.2) is 0 Å². The maximum Gasteiger partial charge on any atom is 0.472 e. The first-order valence-corrected chi connectivity index (χ1v) is 16.4. The highest BCUT2D eigenvalue weighted by molar-refractivity contribution is 7.47. The minimum atomic E-state index is -4.20. The monoisotopic (exact) mass is 551 g/mol. The van der Waals surface area contributed by atoms with E-state index in [0.717, 1.165) is 32.1 Å². The summed E-state index contributed by atoms with van der Waals surface area (Å²) in [6, 6.07) is -0.492. The van der Waals surface area contributed by atoms with Crippen LogP contribution in [-0.2, 0) is 23.1 Å². The molecule has 0 bridgehead atoms. The third kappa shape index (κ3) is 26.9. The van der Waals surface area contributed by atoms with Gasteiger partial charge in [0.25, 0.3) is 0 Å². The van der Waals surface area contributed by atoms with Gasteiger partial charge in [-0.25, -0.2) is 4.57 Å². The molecule has 0 heterocycles. The Hall–Kier alpha value is -0.500. The van der Waals surface area contributed by atoms with Gasteiger partial charge in [0.2, 0.25) is 5.91 Å². The number of amides is 1. The van der Waals surface area contributed by atoms with Crippen LogP contribution in [0.4, 0.5) is 0 Å². The maximum absolute atomic E-state index is 12.4. The fourth-order valence-electron chi connectivity index (χ4n) is 3.89. The first kappa shape index (κ1) is 36.5. The molecule has 0 saturated carbocycles. The van der Waals surface area contributed by atoms with Crippen molar-refractivity contribution in [3.8, 4) is 0 Å². The zero-order chi connectivity index (χ0) is 27.8. The Balaban J connectivity index is 4.33. The van der Waals surface area contributed by atoms with Gasteiger partial charge in [-0.05, 0) is 12.8 Å². The van der Waals surface area contributed by atoms with Crippen molar-refractivity contribution >= 4 is 13.7 Å². The molecule has 1 amide bonds. The Kier molecular flexibility index (Phi) is 23.1. The van der Waals surface area contributed by atoms with E-state index >= 15 is 0 Å². The first-order valence-electron chi connectivity index (χ1n) is 14.9. The minimum Gasteiger partial charge on any atom is -0.379 e. The van der Waals surface area contributed by atoms with E-state index in [1.54, 1.807) is 0 Å². The van der Waals surface area contributed by atoms with Gasteiger partial charge in [-0.2, -0.15) is 0 Å². The second-order valence-electron chi connectivity index (χ2n) is 11.3. The summed E-state index contributed by atoms with van der Waals surface area (Å²) < 4.78 is 29.0. The molecular formula is C28H60N2O6P+. The molecule has 0 saturated heterocycles. The van der Waals surface area contributed by atoms with Crippen LogP contribution in [0.25, 0.3) is 0 Å². The van der Waals surface area contributed by atoms with Crippen LogP contribution in [-0.4, -0.2) is 75.4 Å². The second kappa shape index (κ2) is 23.4. The second-order valence-corrected chi connectivity index (χ2v) is 12.8. The molecule has 0 aliphatic heterocycles. The van der Waals surface area contributed by atoms with Crippen LogP contribution >= 0.6 is 7.82 Å². The number of nitrogens with zero attached hydrogens (tertiary/aromatic N) is 1. The molecule has 0 aromatic carbocycles. The van der Waals surface area contributed by atoms with Gasteiger partial charge in [-0.3, -0.25) is 13.8 Å². The molecule has 0 aromatic rings. The molecule has 2 atom stereocenters. The molecule has 0 aromatic heterocycles. The smallest absolute Gasteiger partial charge is 0.379 e. The largest absolute Gasteiger partial charge is 0.472 e. The summed E-state index contributed by atoms with van der Waals surface area (Å²) >= 11 is 0. The van der Waals surface area contributed by atoms with Crippen molar-refractivity contribution < 1.29 is 32.5 Å². The third-order valence-corrected chi connectivity index (χ3v) is 7.27. The molecule has 0 aliphatic carbocycles. The number of quaternary nitrogens is 1. The number of hydrogen-bond acceptors (Lipinski definition) is 5. The SMILES string of the molecule is CCCCCCCCCCCCOCC(COP(=O)(O)OCC[N+](C)(C)C)NC(=O)CCCCCCC.